The average Bonchev–Trinajstić information content (AvgIpc) is 2.30. The predicted octanol–water partition coefficient (Wildman–Crippen LogP) is 3.20. The van der Waals surface area contributed by atoms with Crippen LogP contribution in [0.2, 0.25) is 0 Å². The van der Waals surface area contributed by atoms with Gasteiger partial charge in [0.05, 0.1) is 6.42 Å². The summed E-state index contributed by atoms with van der Waals surface area (Å²) >= 11 is 0. The van der Waals surface area contributed by atoms with Gasteiger partial charge in [-0.25, -0.2) is 0 Å². The average molecular weight is 217 g/mol. The van der Waals surface area contributed by atoms with Crippen LogP contribution >= 0.6 is 0 Å². The summed E-state index contributed by atoms with van der Waals surface area (Å²) in [5, 5.41) is 8.68. The van der Waals surface area contributed by atoms with Gasteiger partial charge in [0.25, 0.3) is 0 Å². The molecule has 16 heavy (non-hydrogen) atoms. The molecule has 1 aromatic carbocycles. The molecular formula is C14H17O2. The van der Waals surface area contributed by atoms with Crippen LogP contribution < -0.4 is 0 Å². The first kappa shape index (κ1) is 11.2. The summed E-state index contributed by atoms with van der Waals surface area (Å²) in [6, 6.07) is 8.01. The Balaban J connectivity index is 2.03. The third kappa shape index (κ3) is 2.84. The molecule has 1 aromatic rings. The van der Waals surface area contributed by atoms with Crippen molar-refractivity contribution >= 4 is 5.97 Å². The van der Waals surface area contributed by atoms with Crippen LogP contribution in [-0.2, 0) is 11.2 Å². The first-order chi connectivity index (χ1) is 7.75. The number of carboxylic acid groups (broad SMARTS) is 1. The SMILES string of the molecule is O=C(O)Cc1ccc([C]2CCCCC2)cc1. The van der Waals surface area contributed by atoms with E-state index in [4.69, 9.17) is 5.11 Å². The predicted molar refractivity (Wildman–Crippen MR) is 63.2 cm³/mol. The van der Waals surface area contributed by atoms with Gasteiger partial charge in [-0.15, -0.1) is 0 Å². The summed E-state index contributed by atoms with van der Waals surface area (Å²) in [6.45, 7) is 0. The minimum absolute atomic E-state index is 0.121. The quantitative estimate of drug-likeness (QED) is 0.844. The van der Waals surface area contributed by atoms with E-state index in [1.54, 1.807) is 0 Å². The van der Waals surface area contributed by atoms with E-state index in [0.717, 1.165) is 5.56 Å². The fraction of sp³-hybridized carbons (Fsp3) is 0.429. The molecule has 0 bridgehead atoms. The number of aliphatic carboxylic acids is 1. The van der Waals surface area contributed by atoms with E-state index in [-0.39, 0.29) is 6.42 Å². The minimum atomic E-state index is -0.766. The molecule has 1 saturated carbocycles. The Morgan fingerprint density at radius 2 is 1.69 bits per heavy atom. The molecule has 0 unspecified atom stereocenters. The Morgan fingerprint density at radius 3 is 2.25 bits per heavy atom. The Bertz CT molecular complexity index is 348. The molecule has 0 aliphatic heterocycles. The van der Waals surface area contributed by atoms with Gasteiger partial charge in [0.15, 0.2) is 0 Å². The normalized spacial score (nSPS) is 17.2. The molecule has 1 fully saturated rings. The van der Waals surface area contributed by atoms with Crippen molar-refractivity contribution in [2.75, 3.05) is 0 Å². The Morgan fingerprint density at radius 1 is 1.06 bits per heavy atom. The maximum atomic E-state index is 10.6. The molecule has 0 atom stereocenters. The van der Waals surface area contributed by atoms with Crippen LogP contribution in [0.3, 0.4) is 0 Å². The third-order valence-corrected chi connectivity index (χ3v) is 3.17. The highest BCUT2D eigenvalue weighted by atomic mass is 16.4. The van der Waals surface area contributed by atoms with E-state index in [0.29, 0.717) is 0 Å². The monoisotopic (exact) mass is 217 g/mol. The Kier molecular flexibility index (Phi) is 3.60. The Hall–Kier alpha value is -1.31. The Labute approximate surface area is 96.3 Å². The zero-order valence-electron chi connectivity index (χ0n) is 9.41. The van der Waals surface area contributed by atoms with Gasteiger partial charge < -0.3 is 5.11 Å². The molecule has 0 spiro atoms. The van der Waals surface area contributed by atoms with Crippen LogP contribution in [0, 0.1) is 5.92 Å². The van der Waals surface area contributed by atoms with Gasteiger partial charge >= 0.3 is 5.97 Å². The second kappa shape index (κ2) is 5.15. The molecule has 1 N–H and O–H groups in total. The lowest BCUT2D eigenvalue weighted by atomic mass is 9.84. The van der Waals surface area contributed by atoms with Crippen molar-refractivity contribution < 1.29 is 9.90 Å². The maximum absolute atomic E-state index is 10.6. The molecule has 1 radical (unpaired) electrons. The lowest BCUT2D eigenvalue weighted by Crippen LogP contribution is -2.06. The molecule has 0 heterocycles. The summed E-state index contributed by atoms with van der Waals surface area (Å²) in [7, 11) is 0. The molecule has 1 aliphatic rings. The highest BCUT2D eigenvalue weighted by Gasteiger charge is 2.15. The van der Waals surface area contributed by atoms with Crippen molar-refractivity contribution in [1.82, 2.24) is 0 Å². The van der Waals surface area contributed by atoms with Crippen LogP contribution in [0.1, 0.15) is 43.2 Å². The van der Waals surface area contributed by atoms with Gasteiger partial charge in [0.2, 0.25) is 0 Å². The number of benzene rings is 1. The summed E-state index contributed by atoms with van der Waals surface area (Å²) in [6.07, 6.45) is 6.48. The zero-order valence-corrected chi connectivity index (χ0v) is 9.41. The van der Waals surface area contributed by atoms with Crippen molar-refractivity contribution in [3.8, 4) is 0 Å². The molecular weight excluding hydrogens is 200 g/mol. The van der Waals surface area contributed by atoms with Gasteiger partial charge in [-0.05, 0) is 24.0 Å². The lowest BCUT2D eigenvalue weighted by Gasteiger charge is -2.21. The summed E-state index contributed by atoms with van der Waals surface area (Å²) in [5.41, 5.74) is 2.18. The van der Waals surface area contributed by atoms with Crippen LogP contribution in [-0.4, -0.2) is 11.1 Å². The zero-order chi connectivity index (χ0) is 11.4. The summed E-state index contributed by atoms with van der Waals surface area (Å²) in [5.74, 6) is 0.770. The van der Waals surface area contributed by atoms with Crippen LogP contribution in [0.4, 0.5) is 0 Å². The minimum Gasteiger partial charge on any atom is -0.481 e. The molecule has 2 rings (SSSR count). The summed E-state index contributed by atoms with van der Waals surface area (Å²) < 4.78 is 0. The van der Waals surface area contributed by atoms with E-state index in [1.165, 1.54) is 43.6 Å². The molecule has 85 valence electrons. The second-order valence-corrected chi connectivity index (χ2v) is 4.43. The summed E-state index contributed by atoms with van der Waals surface area (Å²) in [4.78, 5) is 10.6. The molecule has 0 aromatic heterocycles. The molecule has 2 nitrogen and oxygen atoms in total. The van der Waals surface area contributed by atoms with E-state index >= 15 is 0 Å². The van der Waals surface area contributed by atoms with Crippen molar-refractivity contribution in [3.05, 3.63) is 41.3 Å². The van der Waals surface area contributed by atoms with E-state index in [9.17, 15) is 4.79 Å². The van der Waals surface area contributed by atoms with Crippen LogP contribution in [0.5, 0.6) is 0 Å². The van der Waals surface area contributed by atoms with E-state index < -0.39 is 5.97 Å². The van der Waals surface area contributed by atoms with Gasteiger partial charge in [0.1, 0.15) is 0 Å². The number of carbonyl (C=O) groups is 1. The molecule has 0 amide bonds. The van der Waals surface area contributed by atoms with Crippen molar-refractivity contribution in [3.63, 3.8) is 0 Å². The fourth-order valence-electron chi connectivity index (χ4n) is 2.30. The smallest absolute Gasteiger partial charge is 0.307 e. The van der Waals surface area contributed by atoms with Gasteiger partial charge in [0, 0.05) is 5.92 Å². The first-order valence-corrected chi connectivity index (χ1v) is 5.91. The number of carboxylic acids is 1. The topological polar surface area (TPSA) is 37.3 Å². The van der Waals surface area contributed by atoms with Crippen molar-refractivity contribution in [2.45, 2.75) is 38.5 Å². The van der Waals surface area contributed by atoms with E-state index in [1.807, 2.05) is 12.1 Å². The standard InChI is InChI=1S/C14H17O2/c15-14(16)10-11-6-8-13(9-7-11)12-4-2-1-3-5-12/h6-9H,1-5,10H2,(H,15,16). The first-order valence-electron chi connectivity index (χ1n) is 5.91. The van der Waals surface area contributed by atoms with Gasteiger partial charge in [-0.1, -0.05) is 43.5 Å². The molecule has 0 saturated heterocycles. The highest BCUT2D eigenvalue weighted by Crippen LogP contribution is 2.31. The van der Waals surface area contributed by atoms with Gasteiger partial charge in [-0.2, -0.15) is 0 Å². The highest BCUT2D eigenvalue weighted by molar-refractivity contribution is 5.70. The maximum Gasteiger partial charge on any atom is 0.307 e. The van der Waals surface area contributed by atoms with Crippen molar-refractivity contribution in [2.24, 2.45) is 0 Å². The molecule has 1 aliphatic carbocycles. The second-order valence-electron chi connectivity index (χ2n) is 4.43. The third-order valence-electron chi connectivity index (χ3n) is 3.17. The van der Waals surface area contributed by atoms with E-state index in [2.05, 4.69) is 12.1 Å². The lowest BCUT2D eigenvalue weighted by molar-refractivity contribution is -0.136. The van der Waals surface area contributed by atoms with Crippen molar-refractivity contribution in [1.29, 1.82) is 0 Å². The van der Waals surface area contributed by atoms with Gasteiger partial charge in [-0.3, -0.25) is 4.79 Å². The molecule has 2 heteroatoms. The van der Waals surface area contributed by atoms with Crippen LogP contribution in [0.15, 0.2) is 24.3 Å². The largest absolute Gasteiger partial charge is 0.481 e. The number of hydrogen-bond acceptors (Lipinski definition) is 1. The fourth-order valence-corrected chi connectivity index (χ4v) is 2.30. The number of rotatable bonds is 3. The van der Waals surface area contributed by atoms with Crippen LogP contribution in [0.25, 0.3) is 0 Å². The number of hydrogen-bond donors (Lipinski definition) is 1.